The number of nitrogens with two attached hydrogens (primary N) is 1. The van der Waals surface area contributed by atoms with Crippen LogP contribution < -0.4 is 11.1 Å². The average molecular weight is 286 g/mol. The summed E-state index contributed by atoms with van der Waals surface area (Å²) in [6.07, 6.45) is 4.65. The third-order valence-corrected chi connectivity index (χ3v) is 4.30. The molecule has 0 radical (unpaired) electrons. The second-order valence-corrected chi connectivity index (χ2v) is 6.29. The Morgan fingerprint density at radius 2 is 1.74 bits per heavy atom. The average Bonchev–Trinajstić information content (AvgIpc) is 2.30. The molecule has 0 rings (SSSR count). The highest BCUT2D eigenvalue weighted by atomic mass is 32.1. The van der Waals surface area contributed by atoms with Gasteiger partial charge in [0, 0.05) is 6.04 Å². The monoisotopic (exact) mass is 286 g/mol. The molecule has 0 aliphatic carbocycles. The van der Waals surface area contributed by atoms with Gasteiger partial charge in [-0.3, -0.25) is 4.79 Å². The van der Waals surface area contributed by atoms with E-state index in [1.807, 2.05) is 20.8 Å². The molecule has 0 saturated heterocycles. The van der Waals surface area contributed by atoms with Gasteiger partial charge in [-0.15, -0.1) is 0 Å². The molecule has 4 heteroatoms. The summed E-state index contributed by atoms with van der Waals surface area (Å²) >= 11 is 5.10. The van der Waals surface area contributed by atoms with Gasteiger partial charge in [0.1, 0.15) is 0 Å². The SMILES string of the molecule is CCC(CC)(C(=O)NC(C)CCCC(C)C)C(N)=S. The summed E-state index contributed by atoms with van der Waals surface area (Å²) in [5.74, 6) is 0.701. The van der Waals surface area contributed by atoms with E-state index >= 15 is 0 Å². The smallest absolute Gasteiger partial charge is 0.233 e. The minimum atomic E-state index is -0.679. The molecular formula is C15H30N2OS. The van der Waals surface area contributed by atoms with E-state index in [-0.39, 0.29) is 11.9 Å². The molecule has 1 amide bonds. The molecule has 3 N–H and O–H groups in total. The third-order valence-electron chi connectivity index (χ3n) is 3.91. The summed E-state index contributed by atoms with van der Waals surface area (Å²) in [7, 11) is 0. The van der Waals surface area contributed by atoms with Crippen LogP contribution in [0.3, 0.4) is 0 Å². The topological polar surface area (TPSA) is 55.1 Å². The quantitative estimate of drug-likeness (QED) is 0.639. The van der Waals surface area contributed by atoms with Crippen molar-refractivity contribution in [3.8, 4) is 0 Å². The number of thiocarbonyl (C=S) groups is 1. The van der Waals surface area contributed by atoms with Crippen molar-refractivity contribution in [3.63, 3.8) is 0 Å². The molecule has 112 valence electrons. The molecule has 19 heavy (non-hydrogen) atoms. The first-order valence-electron chi connectivity index (χ1n) is 7.41. The van der Waals surface area contributed by atoms with Crippen molar-refractivity contribution in [3.05, 3.63) is 0 Å². The van der Waals surface area contributed by atoms with Gasteiger partial charge in [-0.25, -0.2) is 0 Å². The van der Waals surface area contributed by atoms with Crippen LogP contribution in [-0.2, 0) is 4.79 Å². The standard InChI is InChI=1S/C15H30N2OS/c1-6-15(7-2,13(16)19)14(18)17-12(5)10-8-9-11(3)4/h11-12H,6-10H2,1-5H3,(H2,16,19)(H,17,18). The summed E-state index contributed by atoms with van der Waals surface area (Å²) in [6, 6.07) is 0.179. The molecule has 1 unspecified atom stereocenters. The van der Waals surface area contributed by atoms with Gasteiger partial charge in [-0.1, -0.05) is 52.8 Å². The second kappa shape index (κ2) is 8.51. The van der Waals surface area contributed by atoms with Crippen LogP contribution in [0.5, 0.6) is 0 Å². The Kier molecular flexibility index (Phi) is 8.23. The molecule has 0 aromatic rings. The molecule has 1 atom stereocenters. The van der Waals surface area contributed by atoms with E-state index in [0.29, 0.717) is 23.7 Å². The molecule has 0 fully saturated rings. The maximum atomic E-state index is 12.4. The van der Waals surface area contributed by atoms with E-state index in [2.05, 4.69) is 19.2 Å². The largest absolute Gasteiger partial charge is 0.392 e. The number of nitrogens with one attached hydrogen (secondary N) is 1. The number of carbonyl (C=O) groups is 1. The Morgan fingerprint density at radius 1 is 1.21 bits per heavy atom. The molecule has 0 aromatic carbocycles. The van der Waals surface area contributed by atoms with Gasteiger partial charge in [0.05, 0.1) is 10.4 Å². The van der Waals surface area contributed by atoms with Crippen molar-refractivity contribution in [2.75, 3.05) is 0 Å². The van der Waals surface area contributed by atoms with Crippen molar-refractivity contribution in [1.82, 2.24) is 5.32 Å². The Bertz CT molecular complexity index is 299. The van der Waals surface area contributed by atoms with Gasteiger partial charge in [0.15, 0.2) is 0 Å². The summed E-state index contributed by atoms with van der Waals surface area (Å²) in [5, 5.41) is 3.07. The van der Waals surface area contributed by atoms with Crippen LogP contribution in [-0.4, -0.2) is 16.9 Å². The molecule has 0 bridgehead atoms. The number of carbonyl (C=O) groups excluding carboxylic acids is 1. The lowest BCUT2D eigenvalue weighted by Crippen LogP contribution is -2.50. The van der Waals surface area contributed by atoms with Crippen LogP contribution in [0.1, 0.15) is 66.7 Å². The Balaban J connectivity index is 4.44. The van der Waals surface area contributed by atoms with Crippen molar-refractivity contribution in [2.45, 2.75) is 72.8 Å². The fourth-order valence-corrected chi connectivity index (χ4v) is 2.68. The Labute approximate surface area is 123 Å². The van der Waals surface area contributed by atoms with Gasteiger partial charge in [0.25, 0.3) is 0 Å². The van der Waals surface area contributed by atoms with E-state index in [4.69, 9.17) is 18.0 Å². The fourth-order valence-electron chi connectivity index (χ4n) is 2.30. The highest BCUT2D eigenvalue weighted by molar-refractivity contribution is 7.80. The maximum Gasteiger partial charge on any atom is 0.233 e. The fraction of sp³-hybridized carbons (Fsp3) is 0.867. The van der Waals surface area contributed by atoms with E-state index in [0.717, 1.165) is 12.8 Å². The van der Waals surface area contributed by atoms with E-state index < -0.39 is 5.41 Å². The molecule has 0 spiro atoms. The zero-order valence-electron chi connectivity index (χ0n) is 13.1. The van der Waals surface area contributed by atoms with Crippen LogP contribution in [0.25, 0.3) is 0 Å². The van der Waals surface area contributed by atoms with Gasteiger partial charge in [-0.05, 0) is 32.1 Å². The molecule has 3 nitrogen and oxygen atoms in total. The molecule has 0 heterocycles. The van der Waals surface area contributed by atoms with E-state index in [1.165, 1.54) is 6.42 Å². The number of rotatable bonds is 9. The predicted octanol–water partition coefficient (Wildman–Crippen LogP) is 3.41. The van der Waals surface area contributed by atoms with Crippen LogP contribution in [0, 0.1) is 11.3 Å². The van der Waals surface area contributed by atoms with Gasteiger partial charge >= 0.3 is 0 Å². The van der Waals surface area contributed by atoms with Crippen molar-refractivity contribution in [1.29, 1.82) is 0 Å². The van der Waals surface area contributed by atoms with Crippen LogP contribution in [0.2, 0.25) is 0 Å². The second-order valence-electron chi connectivity index (χ2n) is 5.85. The first kappa shape index (κ1) is 18.4. The van der Waals surface area contributed by atoms with Crippen molar-refractivity contribution >= 4 is 23.1 Å². The Hall–Kier alpha value is -0.640. The minimum Gasteiger partial charge on any atom is -0.392 e. The highest BCUT2D eigenvalue weighted by Crippen LogP contribution is 2.27. The summed E-state index contributed by atoms with van der Waals surface area (Å²) in [6.45, 7) is 10.4. The van der Waals surface area contributed by atoms with Crippen LogP contribution >= 0.6 is 12.2 Å². The van der Waals surface area contributed by atoms with Gasteiger partial charge in [-0.2, -0.15) is 0 Å². The lowest BCUT2D eigenvalue weighted by molar-refractivity contribution is -0.128. The number of amides is 1. The summed E-state index contributed by atoms with van der Waals surface area (Å²) in [4.78, 5) is 12.7. The molecular weight excluding hydrogens is 256 g/mol. The summed E-state index contributed by atoms with van der Waals surface area (Å²) in [5.41, 5.74) is 5.10. The third kappa shape index (κ3) is 5.47. The number of hydrogen-bond donors (Lipinski definition) is 2. The van der Waals surface area contributed by atoms with E-state index in [1.54, 1.807) is 0 Å². The van der Waals surface area contributed by atoms with Crippen molar-refractivity contribution < 1.29 is 4.79 Å². The van der Waals surface area contributed by atoms with Crippen LogP contribution in [0.15, 0.2) is 0 Å². The first-order chi connectivity index (χ1) is 8.80. The van der Waals surface area contributed by atoms with Gasteiger partial charge in [0.2, 0.25) is 5.91 Å². The van der Waals surface area contributed by atoms with Crippen LogP contribution in [0.4, 0.5) is 0 Å². The normalized spacial score (nSPS) is 13.4. The lowest BCUT2D eigenvalue weighted by Gasteiger charge is -2.30. The van der Waals surface area contributed by atoms with E-state index in [9.17, 15) is 4.79 Å². The molecule has 0 aromatic heterocycles. The predicted molar refractivity (Wildman–Crippen MR) is 86.1 cm³/mol. The molecule has 0 saturated carbocycles. The maximum absolute atomic E-state index is 12.4. The van der Waals surface area contributed by atoms with Crippen molar-refractivity contribution in [2.24, 2.45) is 17.1 Å². The lowest BCUT2D eigenvalue weighted by atomic mass is 9.81. The highest BCUT2D eigenvalue weighted by Gasteiger charge is 2.38. The first-order valence-corrected chi connectivity index (χ1v) is 7.81. The van der Waals surface area contributed by atoms with Gasteiger partial charge < -0.3 is 11.1 Å². The number of hydrogen-bond acceptors (Lipinski definition) is 2. The zero-order chi connectivity index (χ0) is 15.1. The molecule has 0 aliphatic rings. The minimum absolute atomic E-state index is 0.0120. The molecule has 0 aliphatic heterocycles. The zero-order valence-corrected chi connectivity index (χ0v) is 13.9. The Morgan fingerprint density at radius 3 is 2.11 bits per heavy atom. The summed E-state index contributed by atoms with van der Waals surface area (Å²) < 4.78 is 0.